The van der Waals surface area contributed by atoms with Gasteiger partial charge in [0.1, 0.15) is 11.6 Å². The summed E-state index contributed by atoms with van der Waals surface area (Å²) in [6, 6.07) is 8.67. The van der Waals surface area contributed by atoms with Crippen LogP contribution in [0.2, 0.25) is 0 Å². The summed E-state index contributed by atoms with van der Waals surface area (Å²) in [7, 11) is 0. The van der Waals surface area contributed by atoms with E-state index in [0.717, 1.165) is 16.5 Å². The van der Waals surface area contributed by atoms with E-state index in [1.165, 1.54) is 24.0 Å². The molecular weight excluding hydrogens is 448 g/mol. The standard InChI is InChI=1S/C22H21BrF4N2/c1-3-22(26,27)11-29-12(2)8-15-14-6-4-5-7-18(14)28-20(15)21(29)19-16(24)9-13(23)10-17(19)25/h4-7,9-10,12,21,28H,3,8,11H2,1-2H3. The quantitative estimate of drug-likeness (QED) is 0.427. The highest BCUT2D eigenvalue weighted by molar-refractivity contribution is 9.10. The molecule has 1 aromatic heterocycles. The third-order valence-electron chi connectivity index (χ3n) is 5.77. The second-order valence-corrected chi connectivity index (χ2v) is 8.60. The van der Waals surface area contributed by atoms with Crippen molar-refractivity contribution in [1.29, 1.82) is 0 Å². The number of rotatable bonds is 4. The molecule has 2 unspecified atom stereocenters. The van der Waals surface area contributed by atoms with Gasteiger partial charge in [0.05, 0.1) is 12.6 Å². The molecule has 2 aromatic carbocycles. The minimum Gasteiger partial charge on any atom is -0.357 e. The number of alkyl halides is 2. The maximum Gasteiger partial charge on any atom is 0.260 e. The number of H-pyrrole nitrogens is 1. The van der Waals surface area contributed by atoms with Crippen LogP contribution in [-0.4, -0.2) is 28.4 Å². The Kier molecular flexibility index (Phi) is 5.23. The maximum absolute atomic E-state index is 15.0. The van der Waals surface area contributed by atoms with Gasteiger partial charge in [-0.15, -0.1) is 0 Å². The van der Waals surface area contributed by atoms with Gasteiger partial charge < -0.3 is 4.98 Å². The second kappa shape index (κ2) is 7.43. The Morgan fingerprint density at radius 2 is 1.83 bits per heavy atom. The monoisotopic (exact) mass is 468 g/mol. The number of nitrogens with zero attached hydrogens (tertiary/aromatic N) is 1. The summed E-state index contributed by atoms with van der Waals surface area (Å²) < 4.78 is 59.0. The summed E-state index contributed by atoms with van der Waals surface area (Å²) in [6.45, 7) is 2.68. The van der Waals surface area contributed by atoms with E-state index < -0.39 is 30.1 Å². The van der Waals surface area contributed by atoms with Gasteiger partial charge in [-0.05, 0) is 37.1 Å². The van der Waals surface area contributed by atoms with E-state index >= 15 is 0 Å². The molecule has 1 N–H and O–H groups in total. The molecule has 2 heterocycles. The Morgan fingerprint density at radius 3 is 2.48 bits per heavy atom. The van der Waals surface area contributed by atoms with Gasteiger partial charge in [0.2, 0.25) is 0 Å². The van der Waals surface area contributed by atoms with Crippen LogP contribution in [0.4, 0.5) is 17.6 Å². The van der Waals surface area contributed by atoms with Crippen LogP contribution in [0.1, 0.15) is 43.1 Å². The van der Waals surface area contributed by atoms with Crippen molar-refractivity contribution in [3.63, 3.8) is 0 Å². The van der Waals surface area contributed by atoms with Crippen molar-refractivity contribution in [2.45, 2.75) is 44.7 Å². The van der Waals surface area contributed by atoms with E-state index in [0.29, 0.717) is 12.1 Å². The third kappa shape index (κ3) is 3.59. The molecular formula is C22H21BrF4N2. The summed E-state index contributed by atoms with van der Waals surface area (Å²) in [6.07, 6.45) is 0.184. The van der Waals surface area contributed by atoms with Crippen LogP contribution in [0.25, 0.3) is 10.9 Å². The van der Waals surface area contributed by atoms with Gasteiger partial charge >= 0.3 is 0 Å². The van der Waals surface area contributed by atoms with E-state index in [1.807, 2.05) is 31.2 Å². The van der Waals surface area contributed by atoms with Gasteiger partial charge in [0.25, 0.3) is 5.92 Å². The van der Waals surface area contributed by atoms with Crippen molar-refractivity contribution >= 4 is 26.8 Å². The number of hydrogen-bond donors (Lipinski definition) is 1. The summed E-state index contributed by atoms with van der Waals surface area (Å²) in [5, 5.41) is 0.958. The van der Waals surface area contributed by atoms with Crippen LogP contribution in [0.3, 0.4) is 0 Å². The van der Waals surface area contributed by atoms with E-state index in [1.54, 1.807) is 0 Å². The van der Waals surface area contributed by atoms with E-state index in [4.69, 9.17) is 0 Å². The summed E-state index contributed by atoms with van der Waals surface area (Å²) >= 11 is 3.10. The average molecular weight is 469 g/mol. The van der Waals surface area contributed by atoms with Gasteiger partial charge in [-0.3, -0.25) is 4.90 Å². The zero-order valence-corrected chi connectivity index (χ0v) is 17.7. The molecule has 0 amide bonds. The molecule has 0 saturated carbocycles. The molecule has 1 aliphatic rings. The van der Waals surface area contributed by atoms with Gasteiger partial charge in [0, 0.05) is 39.1 Å². The lowest BCUT2D eigenvalue weighted by molar-refractivity contribution is -0.0551. The van der Waals surface area contributed by atoms with Crippen molar-refractivity contribution in [1.82, 2.24) is 9.88 Å². The van der Waals surface area contributed by atoms with Gasteiger partial charge in [-0.25, -0.2) is 17.6 Å². The lowest BCUT2D eigenvalue weighted by Gasteiger charge is -2.42. The van der Waals surface area contributed by atoms with Crippen LogP contribution in [-0.2, 0) is 6.42 Å². The molecule has 0 aliphatic carbocycles. The lowest BCUT2D eigenvalue weighted by Crippen LogP contribution is -2.48. The highest BCUT2D eigenvalue weighted by Gasteiger charge is 2.42. The Balaban J connectivity index is 1.96. The first-order chi connectivity index (χ1) is 13.7. The van der Waals surface area contributed by atoms with E-state index in [2.05, 4.69) is 20.9 Å². The Labute approximate surface area is 175 Å². The molecule has 2 atom stereocenters. The maximum atomic E-state index is 15.0. The van der Waals surface area contributed by atoms with E-state index in [-0.39, 0.29) is 22.5 Å². The first-order valence-corrected chi connectivity index (χ1v) is 10.4. The highest BCUT2D eigenvalue weighted by atomic mass is 79.9. The van der Waals surface area contributed by atoms with Gasteiger partial charge in [0.15, 0.2) is 0 Å². The van der Waals surface area contributed by atoms with Crippen LogP contribution in [0.15, 0.2) is 40.9 Å². The Hall–Kier alpha value is -1.86. The van der Waals surface area contributed by atoms with Gasteiger partial charge in [-0.2, -0.15) is 0 Å². The van der Waals surface area contributed by atoms with Crippen molar-refractivity contribution in [3.05, 3.63) is 69.3 Å². The average Bonchev–Trinajstić information content (AvgIpc) is 3.01. The molecule has 4 rings (SSSR count). The molecule has 0 fully saturated rings. The smallest absolute Gasteiger partial charge is 0.260 e. The molecule has 3 aromatic rings. The molecule has 154 valence electrons. The third-order valence-corrected chi connectivity index (χ3v) is 6.22. The van der Waals surface area contributed by atoms with E-state index in [9.17, 15) is 17.6 Å². The first-order valence-electron chi connectivity index (χ1n) is 9.59. The largest absolute Gasteiger partial charge is 0.357 e. The number of para-hydroxylation sites is 1. The number of aromatic nitrogens is 1. The van der Waals surface area contributed by atoms with Gasteiger partial charge in [-0.1, -0.05) is 41.1 Å². The number of aromatic amines is 1. The zero-order chi connectivity index (χ0) is 20.9. The predicted octanol–water partition coefficient (Wildman–Crippen LogP) is 6.59. The van der Waals surface area contributed by atoms with Crippen molar-refractivity contribution < 1.29 is 17.6 Å². The predicted molar refractivity (Wildman–Crippen MR) is 109 cm³/mol. The Morgan fingerprint density at radius 1 is 1.17 bits per heavy atom. The summed E-state index contributed by atoms with van der Waals surface area (Å²) in [5.74, 6) is -4.48. The van der Waals surface area contributed by atoms with Crippen molar-refractivity contribution in [2.75, 3.05) is 6.54 Å². The molecule has 29 heavy (non-hydrogen) atoms. The van der Waals surface area contributed by atoms with Crippen LogP contribution < -0.4 is 0 Å². The lowest BCUT2D eigenvalue weighted by atomic mass is 9.87. The molecule has 7 heteroatoms. The molecule has 0 bridgehead atoms. The number of halogens is 5. The fourth-order valence-corrected chi connectivity index (χ4v) is 4.66. The minimum absolute atomic E-state index is 0.209. The molecule has 1 aliphatic heterocycles. The van der Waals surface area contributed by atoms with Crippen molar-refractivity contribution in [3.8, 4) is 0 Å². The fraction of sp³-hybridized carbons (Fsp3) is 0.364. The number of nitrogens with one attached hydrogen (secondary N) is 1. The zero-order valence-electron chi connectivity index (χ0n) is 16.1. The van der Waals surface area contributed by atoms with Crippen LogP contribution in [0, 0.1) is 11.6 Å². The highest BCUT2D eigenvalue weighted by Crippen LogP contribution is 2.44. The Bertz CT molecular complexity index is 1040. The molecule has 2 nitrogen and oxygen atoms in total. The number of fused-ring (bicyclic) bond motifs is 3. The van der Waals surface area contributed by atoms with Crippen molar-refractivity contribution in [2.24, 2.45) is 0 Å². The molecule has 0 radical (unpaired) electrons. The molecule has 0 saturated heterocycles. The summed E-state index contributed by atoms with van der Waals surface area (Å²) in [5.41, 5.74) is 2.13. The molecule has 0 spiro atoms. The number of benzene rings is 2. The topological polar surface area (TPSA) is 19.0 Å². The SMILES string of the molecule is CCC(F)(F)CN1C(C)Cc2c([nH]c3ccccc23)C1c1c(F)cc(Br)cc1F. The van der Waals surface area contributed by atoms with Crippen LogP contribution >= 0.6 is 15.9 Å². The first kappa shape index (κ1) is 20.4. The normalized spacial score (nSPS) is 20.2. The minimum atomic E-state index is -2.96. The second-order valence-electron chi connectivity index (χ2n) is 7.68. The number of hydrogen-bond acceptors (Lipinski definition) is 1. The fourth-order valence-electron chi connectivity index (χ4n) is 4.26. The van der Waals surface area contributed by atoms with Crippen LogP contribution in [0.5, 0.6) is 0 Å². The summed E-state index contributed by atoms with van der Waals surface area (Å²) in [4.78, 5) is 4.78.